The second-order valence-electron chi connectivity index (χ2n) is 6.93. The van der Waals surface area contributed by atoms with Crippen LogP contribution in [0.15, 0.2) is 24.3 Å². The van der Waals surface area contributed by atoms with Crippen LogP contribution >= 0.6 is 0 Å². The molecular weight excluding hydrogens is 302 g/mol. The van der Waals surface area contributed by atoms with Crippen molar-refractivity contribution in [1.82, 2.24) is 10.2 Å². The molecule has 1 amide bonds. The molecule has 5 heteroatoms. The summed E-state index contributed by atoms with van der Waals surface area (Å²) >= 11 is 0. The van der Waals surface area contributed by atoms with Crippen molar-refractivity contribution in [3.8, 4) is 0 Å². The highest BCUT2D eigenvalue weighted by molar-refractivity contribution is 5.94. The number of rotatable bonds is 5. The summed E-state index contributed by atoms with van der Waals surface area (Å²) in [6.45, 7) is 9.64. The fraction of sp³-hybridized carbons (Fsp3) is 0.632. The van der Waals surface area contributed by atoms with Crippen LogP contribution in [0.3, 0.4) is 0 Å². The monoisotopic (exact) mass is 331 g/mol. The predicted molar refractivity (Wildman–Crippen MR) is 96.6 cm³/mol. The first-order chi connectivity index (χ1) is 11.7. The second kappa shape index (κ2) is 8.49. The van der Waals surface area contributed by atoms with Crippen molar-refractivity contribution in [2.45, 2.75) is 19.8 Å². The first kappa shape index (κ1) is 17.2. The molecule has 0 atom stereocenters. The van der Waals surface area contributed by atoms with Gasteiger partial charge in [-0.25, -0.2) is 0 Å². The number of benzene rings is 1. The number of nitrogens with zero attached hydrogens (tertiary/aromatic N) is 2. The van der Waals surface area contributed by atoms with Gasteiger partial charge in [-0.3, -0.25) is 9.69 Å². The largest absolute Gasteiger partial charge is 0.379 e. The molecule has 0 aliphatic carbocycles. The van der Waals surface area contributed by atoms with Gasteiger partial charge in [0.15, 0.2) is 0 Å². The van der Waals surface area contributed by atoms with E-state index in [2.05, 4.69) is 34.2 Å². The van der Waals surface area contributed by atoms with Crippen LogP contribution in [0.1, 0.15) is 30.1 Å². The van der Waals surface area contributed by atoms with E-state index in [1.807, 2.05) is 12.1 Å². The van der Waals surface area contributed by atoms with E-state index < -0.39 is 0 Å². The molecule has 0 aromatic heterocycles. The molecule has 2 fully saturated rings. The summed E-state index contributed by atoms with van der Waals surface area (Å²) in [7, 11) is 0. The molecule has 2 heterocycles. The van der Waals surface area contributed by atoms with Crippen molar-refractivity contribution in [1.29, 1.82) is 0 Å². The van der Waals surface area contributed by atoms with Crippen LogP contribution in [0.2, 0.25) is 0 Å². The lowest BCUT2D eigenvalue weighted by molar-refractivity contribution is 0.0383. The maximum Gasteiger partial charge on any atom is 0.251 e. The second-order valence-corrected chi connectivity index (χ2v) is 6.93. The highest BCUT2D eigenvalue weighted by Crippen LogP contribution is 2.23. The molecule has 132 valence electrons. The summed E-state index contributed by atoms with van der Waals surface area (Å²) in [6, 6.07) is 8.04. The van der Waals surface area contributed by atoms with Crippen molar-refractivity contribution in [2.24, 2.45) is 5.92 Å². The van der Waals surface area contributed by atoms with Gasteiger partial charge in [0.2, 0.25) is 0 Å². The number of anilines is 1. The molecule has 3 rings (SSSR count). The zero-order valence-corrected chi connectivity index (χ0v) is 14.7. The molecule has 0 bridgehead atoms. The maximum atomic E-state index is 12.2. The number of amides is 1. The third-order valence-corrected chi connectivity index (χ3v) is 5.10. The number of carbonyl (C=O) groups excluding carboxylic acids is 1. The minimum atomic E-state index is 0.0158. The molecule has 24 heavy (non-hydrogen) atoms. The first-order valence-electron chi connectivity index (χ1n) is 9.15. The highest BCUT2D eigenvalue weighted by Gasteiger charge is 2.16. The minimum absolute atomic E-state index is 0.0158. The van der Waals surface area contributed by atoms with E-state index in [1.54, 1.807) is 0 Å². The molecule has 0 spiro atoms. The molecule has 2 aliphatic heterocycles. The van der Waals surface area contributed by atoms with Gasteiger partial charge in [0.1, 0.15) is 0 Å². The van der Waals surface area contributed by atoms with E-state index in [4.69, 9.17) is 4.74 Å². The van der Waals surface area contributed by atoms with Crippen molar-refractivity contribution >= 4 is 11.6 Å². The summed E-state index contributed by atoms with van der Waals surface area (Å²) in [5.74, 6) is 0.847. The van der Waals surface area contributed by atoms with Crippen molar-refractivity contribution in [3.05, 3.63) is 29.8 Å². The standard InChI is InChI=1S/C19H29N3O2/c1-16-6-9-22(10-7-16)18-4-2-17(3-5-18)19(23)20-8-11-21-12-14-24-15-13-21/h2-5,16H,6-15H2,1H3,(H,20,23). The van der Waals surface area contributed by atoms with Crippen molar-refractivity contribution < 1.29 is 9.53 Å². The number of carbonyl (C=O) groups is 1. The normalized spacial score (nSPS) is 20.1. The molecule has 0 radical (unpaired) electrons. The van der Waals surface area contributed by atoms with Gasteiger partial charge in [-0.15, -0.1) is 0 Å². The quantitative estimate of drug-likeness (QED) is 0.896. The highest BCUT2D eigenvalue weighted by atomic mass is 16.5. The van der Waals surface area contributed by atoms with E-state index in [1.165, 1.54) is 18.5 Å². The predicted octanol–water partition coefficient (Wildman–Crippen LogP) is 1.98. The lowest BCUT2D eigenvalue weighted by Gasteiger charge is -2.32. The van der Waals surface area contributed by atoms with Crippen LogP contribution in [0.25, 0.3) is 0 Å². The topological polar surface area (TPSA) is 44.8 Å². The number of hydrogen-bond acceptors (Lipinski definition) is 4. The van der Waals surface area contributed by atoms with E-state index in [9.17, 15) is 4.79 Å². The Bertz CT molecular complexity index is 518. The SMILES string of the molecule is CC1CCN(c2ccc(C(=O)NCCN3CCOCC3)cc2)CC1. The molecule has 0 unspecified atom stereocenters. The number of ether oxygens (including phenoxy) is 1. The smallest absolute Gasteiger partial charge is 0.251 e. The number of hydrogen-bond donors (Lipinski definition) is 1. The third-order valence-electron chi connectivity index (χ3n) is 5.10. The maximum absolute atomic E-state index is 12.2. The van der Waals surface area contributed by atoms with Crippen LogP contribution < -0.4 is 10.2 Å². The Hall–Kier alpha value is -1.59. The molecule has 1 aromatic carbocycles. The fourth-order valence-corrected chi connectivity index (χ4v) is 3.34. The minimum Gasteiger partial charge on any atom is -0.379 e. The number of nitrogens with one attached hydrogen (secondary N) is 1. The summed E-state index contributed by atoms with van der Waals surface area (Å²) < 4.78 is 5.33. The molecule has 0 saturated carbocycles. The van der Waals surface area contributed by atoms with Gasteiger partial charge in [0.05, 0.1) is 13.2 Å². The van der Waals surface area contributed by atoms with Crippen LogP contribution in [0.5, 0.6) is 0 Å². The molecule has 2 aliphatic rings. The Morgan fingerprint density at radius 2 is 1.79 bits per heavy atom. The Kier molecular flexibility index (Phi) is 6.10. The average molecular weight is 331 g/mol. The summed E-state index contributed by atoms with van der Waals surface area (Å²) in [4.78, 5) is 17.0. The molecular formula is C19H29N3O2. The average Bonchev–Trinajstić information content (AvgIpc) is 2.63. The lowest BCUT2D eigenvalue weighted by Crippen LogP contribution is -2.41. The summed E-state index contributed by atoms with van der Waals surface area (Å²) in [5, 5.41) is 3.02. The van der Waals surface area contributed by atoms with Gasteiger partial charge in [0, 0.05) is 50.5 Å². The van der Waals surface area contributed by atoms with Crippen LogP contribution in [0.4, 0.5) is 5.69 Å². The van der Waals surface area contributed by atoms with Gasteiger partial charge in [0.25, 0.3) is 5.91 Å². The van der Waals surface area contributed by atoms with Gasteiger partial charge < -0.3 is 15.0 Å². The zero-order chi connectivity index (χ0) is 16.8. The number of piperidine rings is 1. The van der Waals surface area contributed by atoms with Crippen molar-refractivity contribution in [3.63, 3.8) is 0 Å². The lowest BCUT2D eigenvalue weighted by atomic mass is 9.98. The van der Waals surface area contributed by atoms with E-state index >= 15 is 0 Å². The van der Waals surface area contributed by atoms with E-state index in [0.717, 1.165) is 57.4 Å². The first-order valence-corrected chi connectivity index (χ1v) is 9.15. The van der Waals surface area contributed by atoms with Crippen LogP contribution in [-0.2, 0) is 4.74 Å². The molecule has 5 nitrogen and oxygen atoms in total. The van der Waals surface area contributed by atoms with Gasteiger partial charge in [-0.05, 0) is 43.0 Å². The molecule has 1 N–H and O–H groups in total. The van der Waals surface area contributed by atoms with Gasteiger partial charge in [-0.2, -0.15) is 0 Å². The molecule has 2 saturated heterocycles. The Balaban J connectivity index is 1.45. The Morgan fingerprint density at radius 3 is 2.46 bits per heavy atom. The zero-order valence-electron chi connectivity index (χ0n) is 14.7. The molecule has 1 aromatic rings. The van der Waals surface area contributed by atoms with Crippen LogP contribution in [0, 0.1) is 5.92 Å². The Labute approximate surface area is 145 Å². The van der Waals surface area contributed by atoms with E-state index in [-0.39, 0.29) is 5.91 Å². The number of morpholine rings is 1. The summed E-state index contributed by atoms with van der Waals surface area (Å²) in [5.41, 5.74) is 1.97. The fourth-order valence-electron chi connectivity index (χ4n) is 3.34. The van der Waals surface area contributed by atoms with E-state index in [0.29, 0.717) is 6.54 Å². The Morgan fingerprint density at radius 1 is 1.12 bits per heavy atom. The van der Waals surface area contributed by atoms with Gasteiger partial charge >= 0.3 is 0 Å². The van der Waals surface area contributed by atoms with Crippen LogP contribution in [-0.4, -0.2) is 63.3 Å². The summed E-state index contributed by atoms with van der Waals surface area (Å²) in [6.07, 6.45) is 2.51. The third kappa shape index (κ3) is 4.71. The van der Waals surface area contributed by atoms with Gasteiger partial charge in [-0.1, -0.05) is 6.92 Å². The van der Waals surface area contributed by atoms with Crippen molar-refractivity contribution in [2.75, 3.05) is 57.4 Å².